The van der Waals surface area contributed by atoms with Crippen LogP contribution in [0.4, 0.5) is 0 Å². The van der Waals surface area contributed by atoms with Crippen LogP contribution in [-0.2, 0) is 13.3 Å². The van der Waals surface area contributed by atoms with Crippen LogP contribution < -0.4 is 0 Å². The molecule has 86 valence electrons. The highest BCUT2D eigenvalue weighted by molar-refractivity contribution is 7.80. The maximum atomic E-state index is 5.65. The van der Waals surface area contributed by atoms with Crippen molar-refractivity contribution in [3.63, 3.8) is 0 Å². The molecule has 5 heteroatoms. The summed E-state index contributed by atoms with van der Waals surface area (Å²) < 4.78 is 16.8. The fourth-order valence-electron chi connectivity index (χ4n) is 1.29. The smallest absolute Gasteiger partial charge is 0.377 e. The van der Waals surface area contributed by atoms with E-state index in [4.69, 9.17) is 13.3 Å². The second-order valence-corrected chi connectivity index (χ2v) is 6.37. The maximum Gasteiger partial charge on any atom is 0.500 e. The van der Waals surface area contributed by atoms with Gasteiger partial charge >= 0.3 is 8.80 Å². The number of hydrogen-bond acceptors (Lipinski definition) is 4. The minimum atomic E-state index is -2.40. The van der Waals surface area contributed by atoms with E-state index >= 15 is 0 Å². The molecule has 0 radical (unpaired) electrons. The molecule has 0 rings (SSSR count). The average molecular weight is 238 g/mol. The normalized spacial score (nSPS) is 14.4. The SMILES string of the molecule is CCO[Si](CC(C)CS)(OC)OCC. The maximum absolute atomic E-state index is 5.65. The third kappa shape index (κ3) is 4.79. The predicted octanol–water partition coefficient (Wildman–Crippen LogP) is 2.21. The van der Waals surface area contributed by atoms with E-state index < -0.39 is 8.80 Å². The molecule has 1 unspecified atom stereocenters. The van der Waals surface area contributed by atoms with Crippen LogP contribution in [-0.4, -0.2) is 34.9 Å². The summed E-state index contributed by atoms with van der Waals surface area (Å²) in [5.41, 5.74) is 0. The molecule has 0 aromatic carbocycles. The molecule has 0 bridgehead atoms. The first kappa shape index (κ1) is 14.4. The Kier molecular flexibility index (Phi) is 7.95. The minimum Gasteiger partial charge on any atom is -0.377 e. The molecule has 0 amide bonds. The third-order valence-corrected chi connectivity index (χ3v) is 5.85. The van der Waals surface area contributed by atoms with Gasteiger partial charge in [0.05, 0.1) is 0 Å². The topological polar surface area (TPSA) is 27.7 Å². The average Bonchev–Trinajstić information content (AvgIpc) is 2.18. The monoisotopic (exact) mass is 238 g/mol. The van der Waals surface area contributed by atoms with Crippen LogP contribution in [0.25, 0.3) is 0 Å². The first-order valence-electron chi connectivity index (χ1n) is 5.08. The van der Waals surface area contributed by atoms with E-state index in [1.54, 1.807) is 7.11 Å². The lowest BCUT2D eigenvalue weighted by Crippen LogP contribution is -2.46. The molecule has 0 spiro atoms. The van der Waals surface area contributed by atoms with E-state index in [9.17, 15) is 0 Å². The fraction of sp³-hybridized carbons (Fsp3) is 1.00. The number of thiol groups is 1. The van der Waals surface area contributed by atoms with Gasteiger partial charge in [0.1, 0.15) is 0 Å². The molecule has 0 aliphatic carbocycles. The molecule has 1 atom stereocenters. The quantitative estimate of drug-likeness (QED) is 0.519. The Morgan fingerprint density at radius 1 is 1.21 bits per heavy atom. The Balaban J connectivity index is 4.31. The van der Waals surface area contributed by atoms with Gasteiger partial charge in [0, 0.05) is 26.4 Å². The van der Waals surface area contributed by atoms with Crippen LogP contribution in [0.3, 0.4) is 0 Å². The summed E-state index contributed by atoms with van der Waals surface area (Å²) in [6.45, 7) is 7.33. The van der Waals surface area contributed by atoms with Gasteiger partial charge < -0.3 is 13.3 Å². The van der Waals surface area contributed by atoms with Crippen molar-refractivity contribution in [1.29, 1.82) is 0 Å². The van der Waals surface area contributed by atoms with Crippen molar-refractivity contribution in [2.75, 3.05) is 26.1 Å². The van der Waals surface area contributed by atoms with Gasteiger partial charge in [-0.3, -0.25) is 0 Å². The zero-order chi connectivity index (χ0) is 11.0. The van der Waals surface area contributed by atoms with Crippen LogP contribution in [0.2, 0.25) is 6.04 Å². The van der Waals surface area contributed by atoms with Gasteiger partial charge in [0.2, 0.25) is 0 Å². The van der Waals surface area contributed by atoms with E-state index in [-0.39, 0.29) is 0 Å². The molecule has 0 aliphatic rings. The van der Waals surface area contributed by atoms with Crippen LogP contribution in [0, 0.1) is 5.92 Å². The predicted molar refractivity (Wildman–Crippen MR) is 63.8 cm³/mol. The first-order valence-corrected chi connectivity index (χ1v) is 7.64. The van der Waals surface area contributed by atoms with Gasteiger partial charge in [-0.2, -0.15) is 12.6 Å². The Labute approximate surface area is 93.9 Å². The molecule has 0 aromatic rings. The highest BCUT2D eigenvalue weighted by Crippen LogP contribution is 2.21. The lowest BCUT2D eigenvalue weighted by atomic mass is 10.3. The second-order valence-electron chi connectivity index (χ2n) is 3.25. The molecule has 0 fully saturated rings. The van der Waals surface area contributed by atoms with Gasteiger partial charge in [-0.15, -0.1) is 0 Å². The van der Waals surface area contributed by atoms with E-state index in [2.05, 4.69) is 19.6 Å². The van der Waals surface area contributed by atoms with Gasteiger partial charge in [-0.1, -0.05) is 6.92 Å². The van der Waals surface area contributed by atoms with Crippen molar-refractivity contribution in [1.82, 2.24) is 0 Å². The van der Waals surface area contributed by atoms with Crippen molar-refractivity contribution < 1.29 is 13.3 Å². The molecule has 0 aliphatic heterocycles. The van der Waals surface area contributed by atoms with Crippen LogP contribution in [0.5, 0.6) is 0 Å². The van der Waals surface area contributed by atoms with Crippen molar-refractivity contribution >= 4 is 21.4 Å². The van der Waals surface area contributed by atoms with Crippen molar-refractivity contribution in [2.45, 2.75) is 26.8 Å². The van der Waals surface area contributed by atoms with Crippen molar-refractivity contribution in [2.24, 2.45) is 5.92 Å². The second kappa shape index (κ2) is 7.70. The standard InChI is InChI=1S/C9H22O3SSi/c1-5-11-14(10-4,12-6-2)8-9(3)7-13/h9,13H,5-8H2,1-4H3. The molecule has 14 heavy (non-hydrogen) atoms. The van der Waals surface area contributed by atoms with E-state index in [1.807, 2.05) is 13.8 Å². The van der Waals surface area contributed by atoms with Crippen LogP contribution >= 0.6 is 12.6 Å². The summed E-state index contributed by atoms with van der Waals surface area (Å²) in [7, 11) is -0.733. The third-order valence-electron chi connectivity index (χ3n) is 1.95. The Bertz CT molecular complexity index is 140. The largest absolute Gasteiger partial charge is 0.500 e. The van der Waals surface area contributed by atoms with E-state index in [1.165, 1.54) is 0 Å². The van der Waals surface area contributed by atoms with Gasteiger partial charge in [-0.05, 0) is 25.5 Å². The molecule has 3 nitrogen and oxygen atoms in total. The van der Waals surface area contributed by atoms with Gasteiger partial charge in [-0.25, -0.2) is 0 Å². The highest BCUT2D eigenvalue weighted by atomic mass is 32.1. The summed E-state index contributed by atoms with van der Waals surface area (Å²) in [4.78, 5) is 0. The Morgan fingerprint density at radius 2 is 1.71 bits per heavy atom. The fourth-order valence-corrected chi connectivity index (χ4v) is 4.26. The molecule has 0 saturated carbocycles. The van der Waals surface area contributed by atoms with Crippen LogP contribution in [0.1, 0.15) is 20.8 Å². The van der Waals surface area contributed by atoms with E-state index in [0.29, 0.717) is 19.1 Å². The molecular weight excluding hydrogens is 216 g/mol. The summed E-state index contributed by atoms with van der Waals surface area (Å²) in [5, 5.41) is 0. The summed E-state index contributed by atoms with van der Waals surface area (Å²) >= 11 is 4.26. The molecule has 0 aromatic heterocycles. The van der Waals surface area contributed by atoms with Gasteiger partial charge in [0.15, 0.2) is 0 Å². The van der Waals surface area contributed by atoms with Crippen molar-refractivity contribution in [3.05, 3.63) is 0 Å². The van der Waals surface area contributed by atoms with Crippen molar-refractivity contribution in [3.8, 4) is 0 Å². The molecule has 0 heterocycles. The summed E-state index contributed by atoms with van der Waals surface area (Å²) in [6.07, 6.45) is 0. The molecule has 0 saturated heterocycles. The molecular formula is C9H22O3SSi. The zero-order valence-electron chi connectivity index (χ0n) is 9.58. The lowest BCUT2D eigenvalue weighted by Gasteiger charge is -2.29. The Morgan fingerprint density at radius 3 is 2.00 bits per heavy atom. The van der Waals surface area contributed by atoms with Gasteiger partial charge in [0.25, 0.3) is 0 Å². The first-order chi connectivity index (χ1) is 6.64. The zero-order valence-corrected chi connectivity index (χ0v) is 11.5. The Hall–Kier alpha value is 0.447. The summed E-state index contributed by atoms with van der Waals surface area (Å²) in [6, 6.07) is 0.842. The number of hydrogen-bond donors (Lipinski definition) is 1. The number of rotatable bonds is 8. The summed E-state index contributed by atoms with van der Waals surface area (Å²) in [5.74, 6) is 1.29. The van der Waals surface area contributed by atoms with E-state index in [0.717, 1.165) is 11.8 Å². The lowest BCUT2D eigenvalue weighted by molar-refractivity contribution is 0.0836. The minimum absolute atomic E-state index is 0.461. The highest BCUT2D eigenvalue weighted by Gasteiger charge is 2.40. The van der Waals surface area contributed by atoms with Crippen LogP contribution in [0.15, 0.2) is 0 Å². The molecule has 0 N–H and O–H groups in total.